The topological polar surface area (TPSA) is 60.9 Å². The molecule has 2 aromatic rings. The summed E-state index contributed by atoms with van der Waals surface area (Å²) in [7, 11) is 0. The van der Waals surface area contributed by atoms with E-state index in [1.54, 1.807) is 6.20 Å². The normalized spacial score (nSPS) is 12.6. The van der Waals surface area contributed by atoms with E-state index in [2.05, 4.69) is 23.4 Å². The van der Waals surface area contributed by atoms with Crippen molar-refractivity contribution in [2.45, 2.75) is 64.8 Å². The van der Waals surface area contributed by atoms with Gasteiger partial charge in [-0.05, 0) is 31.0 Å². The van der Waals surface area contributed by atoms with E-state index in [0.29, 0.717) is 5.69 Å². The fourth-order valence-electron chi connectivity index (χ4n) is 3.11. The van der Waals surface area contributed by atoms with Gasteiger partial charge in [0.1, 0.15) is 11.3 Å². The van der Waals surface area contributed by atoms with Crippen LogP contribution in [0.4, 0.5) is 0 Å². The summed E-state index contributed by atoms with van der Waals surface area (Å²) in [5.41, 5.74) is 7.03. The van der Waals surface area contributed by atoms with Gasteiger partial charge in [0.2, 0.25) is 0 Å². The second-order valence-corrected chi connectivity index (χ2v) is 5.95. The van der Waals surface area contributed by atoms with Gasteiger partial charge in [0.25, 0.3) is 5.91 Å². The molecule has 2 N–H and O–H groups in total. The quantitative estimate of drug-likeness (QED) is 0.696. The number of aromatic nitrogens is 2. The number of hydrogen-bond acceptors (Lipinski definition) is 2. The first-order valence-electron chi connectivity index (χ1n) is 8.44. The van der Waals surface area contributed by atoms with Crippen LogP contribution in [0.25, 0.3) is 11.0 Å². The fraction of sp³-hybridized carbons (Fsp3) is 0.556. The maximum absolute atomic E-state index is 11.8. The summed E-state index contributed by atoms with van der Waals surface area (Å²) in [6.07, 6.45) is 10.1. The number of amides is 1. The van der Waals surface area contributed by atoms with Crippen molar-refractivity contribution in [2.24, 2.45) is 5.73 Å². The molecule has 0 aliphatic heterocycles. The molecule has 0 saturated heterocycles. The molecule has 0 aliphatic carbocycles. The van der Waals surface area contributed by atoms with Gasteiger partial charge in [0.15, 0.2) is 0 Å². The van der Waals surface area contributed by atoms with Crippen LogP contribution < -0.4 is 5.73 Å². The van der Waals surface area contributed by atoms with Gasteiger partial charge >= 0.3 is 0 Å². The number of primary amides is 1. The minimum Gasteiger partial charge on any atom is -0.364 e. The molecule has 120 valence electrons. The molecule has 22 heavy (non-hydrogen) atoms. The third-order valence-electron chi connectivity index (χ3n) is 4.33. The molecule has 4 nitrogen and oxygen atoms in total. The minimum absolute atomic E-state index is 0.288. The molecule has 2 aromatic heterocycles. The third-order valence-corrected chi connectivity index (χ3v) is 4.33. The number of pyridine rings is 1. The van der Waals surface area contributed by atoms with E-state index in [1.807, 2.05) is 18.2 Å². The van der Waals surface area contributed by atoms with E-state index in [1.165, 1.54) is 32.1 Å². The van der Waals surface area contributed by atoms with Crippen LogP contribution in [0.5, 0.6) is 0 Å². The molecule has 4 heteroatoms. The standard InChI is InChI=1S/C18H27N3O/c1-3-5-6-7-8-11-15(4-2)21-16(17(19)22)13-14-10-9-12-20-18(14)21/h9-10,12-13,15H,3-8,11H2,1-2H3,(H2,19,22). The lowest BCUT2D eigenvalue weighted by Crippen LogP contribution is -2.20. The molecule has 0 aromatic carbocycles. The second kappa shape index (κ2) is 7.97. The van der Waals surface area contributed by atoms with Gasteiger partial charge in [0, 0.05) is 17.6 Å². The van der Waals surface area contributed by atoms with Crippen molar-refractivity contribution >= 4 is 16.9 Å². The highest BCUT2D eigenvalue weighted by atomic mass is 16.1. The van der Waals surface area contributed by atoms with Crippen LogP contribution in [0.15, 0.2) is 24.4 Å². The van der Waals surface area contributed by atoms with Crippen LogP contribution in [0.1, 0.15) is 75.3 Å². The predicted octanol–water partition coefficient (Wildman–Crippen LogP) is 4.45. The fourth-order valence-corrected chi connectivity index (χ4v) is 3.11. The van der Waals surface area contributed by atoms with Crippen LogP contribution in [0.3, 0.4) is 0 Å². The number of carbonyl (C=O) groups is 1. The molecule has 0 bridgehead atoms. The molecular formula is C18H27N3O. The Kier molecular flexibility index (Phi) is 5.99. The number of nitrogens with zero attached hydrogens (tertiary/aromatic N) is 2. The first-order chi connectivity index (χ1) is 10.7. The summed E-state index contributed by atoms with van der Waals surface area (Å²) < 4.78 is 2.05. The van der Waals surface area contributed by atoms with E-state index < -0.39 is 0 Å². The van der Waals surface area contributed by atoms with Crippen LogP contribution in [-0.2, 0) is 0 Å². The number of nitrogens with two attached hydrogens (primary N) is 1. The average molecular weight is 301 g/mol. The van der Waals surface area contributed by atoms with Crippen molar-refractivity contribution in [3.8, 4) is 0 Å². The number of fused-ring (bicyclic) bond motifs is 1. The van der Waals surface area contributed by atoms with Crippen molar-refractivity contribution in [3.05, 3.63) is 30.1 Å². The second-order valence-electron chi connectivity index (χ2n) is 5.95. The molecule has 2 heterocycles. The summed E-state index contributed by atoms with van der Waals surface area (Å²) in [4.78, 5) is 16.3. The highest BCUT2D eigenvalue weighted by Crippen LogP contribution is 2.28. The van der Waals surface area contributed by atoms with E-state index in [0.717, 1.165) is 23.9 Å². The van der Waals surface area contributed by atoms with Gasteiger partial charge in [-0.25, -0.2) is 4.98 Å². The SMILES string of the molecule is CCCCCCCC(CC)n1c(C(N)=O)cc2cccnc21. The van der Waals surface area contributed by atoms with Crippen molar-refractivity contribution in [2.75, 3.05) is 0 Å². The lowest BCUT2D eigenvalue weighted by atomic mass is 10.0. The third kappa shape index (κ3) is 3.67. The molecule has 1 atom stereocenters. The minimum atomic E-state index is -0.373. The van der Waals surface area contributed by atoms with Crippen LogP contribution in [-0.4, -0.2) is 15.5 Å². The van der Waals surface area contributed by atoms with Gasteiger partial charge in [0.05, 0.1) is 0 Å². The Morgan fingerprint density at radius 1 is 1.27 bits per heavy atom. The van der Waals surface area contributed by atoms with Crippen LogP contribution in [0, 0.1) is 0 Å². The summed E-state index contributed by atoms with van der Waals surface area (Å²) in [5.74, 6) is -0.373. The molecule has 0 fully saturated rings. The Balaban J connectivity index is 2.21. The van der Waals surface area contributed by atoms with E-state index in [9.17, 15) is 4.79 Å². The highest BCUT2D eigenvalue weighted by Gasteiger charge is 2.19. The van der Waals surface area contributed by atoms with E-state index in [4.69, 9.17) is 5.73 Å². The van der Waals surface area contributed by atoms with E-state index in [-0.39, 0.29) is 11.9 Å². The molecular weight excluding hydrogens is 274 g/mol. The van der Waals surface area contributed by atoms with Crippen molar-refractivity contribution in [3.63, 3.8) is 0 Å². The van der Waals surface area contributed by atoms with Crippen LogP contribution in [0.2, 0.25) is 0 Å². The van der Waals surface area contributed by atoms with Gasteiger partial charge in [-0.1, -0.05) is 46.0 Å². The predicted molar refractivity (Wildman–Crippen MR) is 91.0 cm³/mol. The molecule has 1 amide bonds. The van der Waals surface area contributed by atoms with Crippen LogP contribution >= 0.6 is 0 Å². The zero-order valence-electron chi connectivity index (χ0n) is 13.7. The number of hydrogen-bond donors (Lipinski definition) is 1. The lowest BCUT2D eigenvalue weighted by molar-refractivity contribution is 0.0989. The molecule has 0 radical (unpaired) electrons. The zero-order chi connectivity index (χ0) is 15.9. The Hall–Kier alpha value is -1.84. The number of carbonyl (C=O) groups excluding carboxylic acids is 1. The smallest absolute Gasteiger partial charge is 0.265 e. The highest BCUT2D eigenvalue weighted by molar-refractivity contribution is 5.97. The molecule has 0 spiro atoms. The average Bonchev–Trinajstić information content (AvgIpc) is 2.91. The first kappa shape index (κ1) is 16.5. The van der Waals surface area contributed by atoms with Gasteiger partial charge in [-0.3, -0.25) is 4.79 Å². The molecule has 2 rings (SSSR count). The maximum atomic E-state index is 11.8. The number of unbranched alkanes of at least 4 members (excludes halogenated alkanes) is 4. The summed E-state index contributed by atoms with van der Waals surface area (Å²) in [6, 6.07) is 6.03. The Morgan fingerprint density at radius 3 is 2.73 bits per heavy atom. The first-order valence-corrected chi connectivity index (χ1v) is 8.44. The van der Waals surface area contributed by atoms with Crippen molar-refractivity contribution in [1.82, 2.24) is 9.55 Å². The van der Waals surface area contributed by atoms with Crippen molar-refractivity contribution in [1.29, 1.82) is 0 Å². The van der Waals surface area contributed by atoms with E-state index >= 15 is 0 Å². The largest absolute Gasteiger partial charge is 0.364 e. The summed E-state index contributed by atoms with van der Waals surface area (Å²) in [5, 5.41) is 0.987. The maximum Gasteiger partial charge on any atom is 0.265 e. The lowest BCUT2D eigenvalue weighted by Gasteiger charge is -2.20. The summed E-state index contributed by atoms with van der Waals surface area (Å²) >= 11 is 0. The van der Waals surface area contributed by atoms with Gasteiger partial charge in [-0.15, -0.1) is 0 Å². The molecule has 0 aliphatic rings. The number of rotatable bonds is 9. The Morgan fingerprint density at radius 2 is 2.05 bits per heavy atom. The Labute approximate surface area is 132 Å². The van der Waals surface area contributed by atoms with Gasteiger partial charge < -0.3 is 10.3 Å². The zero-order valence-corrected chi connectivity index (χ0v) is 13.7. The van der Waals surface area contributed by atoms with Gasteiger partial charge in [-0.2, -0.15) is 0 Å². The molecule has 0 saturated carbocycles. The summed E-state index contributed by atoms with van der Waals surface area (Å²) in [6.45, 7) is 4.39. The van der Waals surface area contributed by atoms with Crippen molar-refractivity contribution < 1.29 is 4.79 Å². The Bertz CT molecular complexity index is 618. The molecule has 1 unspecified atom stereocenters. The monoisotopic (exact) mass is 301 g/mol.